The van der Waals surface area contributed by atoms with Crippen molar-refractivity contribution >= 4 is 5.91 Å². The maximum Gasteiger partial charge on any atom is 0.227 e. The number of amides is 1. The minimum absolute atomic E-state index is 0.224. The van der Waals surface area contributed by atoms with Gasteiger partial charge in [-0.2, -0.15) is 0 Å². The molecule has 0 bridgehead atoms. The molecule has 2 fully saturated rings. The Labute approximate surface area is 137 Å². The lowest BCUT2D eigenvalue weighted by molar-refractivity contribution is -0.141. The molecule has 22 heavy (non-hydrogen) atoms. The van der Waals surface area contributed by atoms with Gasteiger partial charge in [-0.15, -0.1) is 0 Å². The number of hydrogen-bond donors (Lipinski definition) is 0. The summed E-state index contributed by atoms with van der Waals surface area (Å²) in [5, 5.41) is 0. The Balaban J connectivity index is 0.000000540. The van der Waals surface area contributed by atoms with Gasteiger partial charge in [0.05, 0.1) is 19.1 Å². The zero-order valence-electron chi connectivity index (χ0n) is 15.5. The molecule has 4 nitrogen and oxygen atoms in total. The van der Waals surface area contributed by atoms with E-state index in [9.17, 15) is 4.79 Å². The molecule has 0 N–H and O–H groups in total. The molecule has 4 heteroatoms. The fourth-order valence-electron chi connectivity index (χ4n) is 2.41. The van der Waals surface area contributed by atoms with Gasteiger partial charge in [0, 0.05) is 19.6 Å². The summed E-state index contributed by atoms with van der Waals surface area (Å²) >= 11 is 0. The second-order valence-corrected chi connectivity index (χ2v) is 5.91. The molecule has 0 aliphatic carbocycles. The molecule has 0 radical (unpaired) electrons. The molecule has 0 aromatic rings. The summed E-state index contributed by atoms with van der Waals surface area (Å²) in [5.74, 6) is 0.562. The Morgan fingerprint density at radius 1 is 1.14 bits per heavy atom. The Morgan fingerprint density at radius 3 is 2.14 bits per heavy atom. The molecular weight excluding hydrogens is 276 g/mol. The van der Waals surface area contributed by atoms with Crippen LogP contribution in [0.1, 0.15) is 47.5 Å². The number of rotatable bonds is 1. The smallest absolute Gasteiger partial charge is 0.227 e. The first-order chi connectivity index (χ1) is 10.5. The zero-order valence-corrected chi connectivity index (χ0v) is 15.5. The first-order valence-corrected chi connectivity index (χ1v) is 8.69. The van der Waals surface area contributed by atoms with Crippen molar-refractivity contribution in [3.05, 3.63) is 11.6 Å². The first kappa shape index (κ1) is 21.1. The molecule has 0 saturated carbocycles. The zero-order chi connectivity index (χ0) is 17.0. The fourth-order valence-corrected chi connectivity index (χ4v) is 2.41. The molecule has 2 saturated heterocycles. The maximum absolute atomic E-state index is 12.1. The summed E-state index contributed by atoms with van der Waals surface area (Å²) in [6.07, 6.45) is 4.29. The largest absolute Gasteiger partial charge is 0.378 e. The standard InChI is InChI=1S/C11H20N2O2.C5H10.C2H6/c1-12-4-2-3-10(9-12)11(14)13-5-7-15-8-6-13;1-4-5(2)3;1-2/h10H,2-9H2,1H3;4H,1-3H3;1-2H3. The van der Waals surface area contributed by atoms with Crippen molar-refractivity contribution in [2.45, 2.75) is 47.5 Å². The van der Waals surface area contributed by atoms with Crippen molar-refractivity contribution in [2.75, 3.05) is 46.4 Å². The summed E-state index contributed by atoms with van der Waals surface area (Å²) in [6, 6.07) is 0. The predicted octanol–water partition coefficient (Wildman–Crippen LogP) is 3.19. The van der Waals surface area contributed by atoms with Crippen molar-refractivity contribution in [1.29, 1.82) is 0 Å². The second kappa shape index (κ2) is 12.7. The van der Waals surface area contributed by atoms with Crippen molar-refractivity contribution < 1.29 is 9.53 Å². The molecule has 0 aromatic heterocycles. The molecule has 1 amide bonds. The van der Waals surface area contributed by atoms with Crippen molar-refractivity contribution in [3.63, 3.8) is 0 Å². The number of carbonyl (C=O) groups excluding carboxylic acids is 1. The number of ether oxygens (including phenoxy) is 1. The molecular formula is C18H36N2O2. The minimum atomic E-state index is 0.224. The number of likely N-dealkylation sites (tertiary alicyclic amines) is 1. The number of hydrogen-bond acceptors (Lipinski definition) is 3. The van der Waals surface area contributed by atoms with E-state index in [4.69, 9.17) is 4.74 Å². The van der Waals surface area contributed by atoms with Crippen LogP contribution in [0.5, 0.6) is 0 Å². The second-order valence-electron chi connectivity index (χ2n) is 5.91. The van der Waals surface area contributed by atoms with Crippen molar-refractivity contribution in [3.8, 4) is 0 Å². The molecule has 2 aliphatic heterocycles. The Kier molecular flexibility index (Phi) is 12.2. The fraction of sp³-hybridized carbons (Fsp3) is 0.833. The highest BCUT2D eigenvalue weighted by Crippen LogP contribution is 2.18. The summed E-state index contributed by atoms with van der Waals surface area (Å²) in [7, 11) is 2.10. The van der Waals surface area contributed by atoms with E-state index in [2.05, 4.69) is 31.9 Å². The van der Waals surface area contributed by atoms with Gasteiger partial charge in [0.15, 0.2) is 0 Å². The number of nitrogens with zero attached hydrogens (tertiary/aromatic N) is 2. The summed E-state index contributed by atoms with van der Waals surface area (Å²) in [4.78, 5) is 16.4. The molecule has 2 rings (SSSR count). The van der Waals surface area contributed by atoms with E-state index >= 15 is 0 Å². The minimum Gasteiger partial charge on any atom is -0.378 e. The normalized spacial score (nSPS) is 21.7. The third kappa shape index (κ3) is 8.54. The van der Waals surface area contributed by atoms with Crippen LogP contribution >= 0.6 is 0 Å². The van der Waals surface area contributed by atoms with Gasteiger partial charge >= 0.3 is 0 Å². The van der Waals surface area contributed by atoms with Crippen molar-refractivity contribution in [2.24, 2.45) is 5.92 Å². The van der Waals surface area contributed by atoms with Crippen LogP contribution in [0, 0.1) is 5.92 Å². The van der Waals surface area contributed by atoms with E-state index in [0.29, 0.717) is 19.1 Å². The van der Waals surface area contributed by atoms with Crippen LogP contribution in [0.2, 0.25) is 0 Å². The highest BCUT2D eigenvalue weighted by molar-refractivity contribution is 5.79. The van der Waals surface area contributed by atoms with E-state index < -0.39 is 0 Å². The van der Waals surface area contributed by atoms with Crippen LogP contribution < -0.4 is 0 Å². The summed E-state index contributed by atoms with van der Waals surface area (Å²) in [5.41, 5.74) is 1.38. The molecule has 2 heterocycles. The molecule has 0 aromatic carbocycles. The molecule has 1 atom stereocenters. The average Bonchev–Trinajstić information content (AvgIpc) is 2.57. The predicted molar refractivity (Wildman–Crippen MR) is 94.1 cm³/mol. The van der Waals surface area contributed by atoms with Gasteiger partial charge in [0.25, 0.3) is 0 Å². The van der Waals surface area contributed by atoms with Gasteiger partial charge in [-0.25, -0.2) is 0 Å². The molecule has 1 unspecified atom stereocenters. The van der Waals surface area contributed by atoms with Gasteiger partial charge in [-0.05, 0) is 47.2 Å². The van der Waals surface area contributed by atoms with E-state index in [1.165, 1.54) is 5.57 Å². The van der Waals surface area contributed by atoms with Crippen LogP contribution in [-0.2, 0) is 9.53 Å². The number of piperidine rings is 1. The quantitative estimate of drug-likeness (QED) is 0.697. The monoisotopic (exact) mass is 312 g/mol. The van der Waals surface area contributed by atoms with Gasteiger partial charge in [0.1, 0.15) is 0 Å². The highest BCUT2D eigenvalue weighted by Gasteiger charge is 2.28. The molecule has 2 aliphatic rings. The lowest BCUT2D eigenvalue weighted by atomic mass is 9.97. The average molecular weight is 312 g/mol. The van der Waals surface area contributed by atoms with E-state index in [0.717, 1.165) is 39.0 Å². The van der Waals surface area contributed by atoms with Crippen LogP contribution in [0.15, 0.2) is 11.6 Å². The van der Waals surface area contributed by atoms with Crippen LogP contribution in [0.25, 0.3) is 0 Å². The van der Waals surface area contributed by atoms with Gasteiger partial charge in [0.2, 0.25) is 5.91 Å². The van der Waals surface area contributed by atoms with Gasteiger partial charge in [-0.3, -0.25) is 4.79 Å². The number of morpholine rings is 1. The third-order valence-corrected chi connectivity index (χ3v) is 3.87. The van der Waals surface area contributed by atoms with Crippen molar-refractivity contribution in [1.82, 2.24) is 9.80 Å². The van der Waals surface area contributed by atoms with E-state index in [1.807, 2.05) is 25.7 Å². The van der Waals surface area contributed by atoms with E-state index in [1.54, 1.807) is 0 Å². The van der Waals surface area contributed by atoms with Gasteiger partial charge < -0.3 is 14.5 Å². The van der Waals surface area contributed by atoms with E-state index in [-0.39, 0.29) is 5.92 Å². The third-order valence-electron chi connectivity index (χ3n) is 3.87. The highest BCUT2D eigenvalue weighted by atomic mass is 16.5. The Morgan fingerprint density at radius 2 is 1.68 bits per heavy atom. The van der Waals surface area contributed by atoms with Crippen LogP contribution in [-0.4, -0.2) is 62.1 Å². The Hall–Kier alpha value is -0.870. The number of allylic oxidation sites excluding steroid dienone is 2. The molecule has 0 spiro atoms. The van der Waals surface area contributed by atoms with Crippen LogP contribution in [0.3, 0.4) is 0 Å². The number of carbonyl (C=O) groups is 1. The van der Waals surface area contributed by atoms with Crippen LogP contribution in [0.4, 0.5) is 0 Å². The lowest BCUT2D eigenvalue weighted by Crippen LogP contribution is -2.47. The van der Waals surface area contributed by atoms with Gasteiger partial charge in [-0.1, -0.05) is 25.5 Å². The summed E-state index contributed by atoms with van der Waals surface area (Å²) < 4.78 is 5.25. The first-order valence-electron chi connectivity index (χ1n) is 8.69. The molecule has 130 valence electrons. The lowest BCUT2D eigenvalue weighted by Gasteiger charge is -2.34. The summed E-state index contributed by atoms with van der Waals surface area (Å²) in [6.45, 7) is 15.2. The maximum atomic E-state index is 12.1. The SMILES string of the molecule is CC.CC=C(C)C.CN1CCCC(C(=O)N2CCOCC2)C1. The topological polar surface area (TPSA) is 32.8 Å². The Bertz CT molecular complexity index is 319.